The van der Waals surface area contributed by atoms with Crippen molar-refractivity contribution in [3.8, 4) is 0 Å². The fourth-order valence-electron chi connectivity index (χ4n) is 1.85. The number of carbonyl (C=O) groups excluding carboxylic acids is 1. The summed E-state index contributed by atoms with van der Waals surface area (Å²) in [5.41, 5.74) is 2.78. The summed E-state index contributed by atoms with van der Waals surface area (Å²) in [7, 11) is 0. The molecule has 20 heavy (non-hydrogen) atoms. The van der Waals surface area contributed by atoms with E-state index in [1.807, 2.05) is 55.5 Å². The molecule has 0 saturated carbocycles. The van der Waals surface area contributed by atoms with Gasteiger partial charge >= 0.3 is 0 Å². The van der Waals surface area contributed by atoms with Gasteiger partial charge in [0.05, 0.1) is 0 Å². The number of nitrogens with one attached hydrogen (secondary N) is 2. The third-order valence-corrected chi connectivity index (χ3v) is 3.40. The van der Waals surface area contributed by atoms with Crippen LogP contribution in [0.5, 0.6) is 0 Å². The van der Waals surface area contributed by atoms with Gasteiger partial charge in [-0.3, -0.25) is 4.79 Å². The second kappa shape index (κ2) is 6.96. The van der Waals surface area contributed by atoms with E-state index in [-0.39, 0.29) is 5.91 Å². The Morgan fingerprint density at radius 1 is 1.10 bits per heavy atom. The van der Waals surface area contributed by atoms with Crippen LogP contribution in [0.3, 0.4) is 0 Å². The third kappa shape index (κ3) is 4.00. The highest BCUT2D eigenvalue weighted by Crippen LogP contribution is 2.22. The lowest BCUT2D eigenvalue weighted by Gasteiger charge is -2.10. The van der Waals surface area contributed by atoms with Crippen LogP contribution >= 0.6 is 11.6 Å². The largest absolute Gasteiger partial charge is 0.384 e. The SMILES string of the molecule is Cc1c(Cl)cccc1NCCC(=O)Nc1ccccc1. The van der Waals surface area contributed by atoms with Crippen LogP contribution in [-0.2, 0) is 4.79 Å². The molecule has 0 saturated heterocycles. The van der Waals surface area contributed by atoms with Gasteiger partial charge in [-0.05, 0) is 36.8 Å². The molecule has 3 nitrogen and oxygen atoms in total. The summed E-state index contributed by atoms with van der Waals surface area (Å²) >= 11 is 6.04. The molecule has 4 heteroatoms. The van der Waals surface area contributed by atoms with Gasteiger partial charge in [0.1, 0.15) is 0 Å². The average molecular weight is 289 g/mol. The highest BCUT2D eigenvalue weighted by Gasteiger charge is 2.04. The molecule has 0 unspecified atom stereocenters. The van der Waals surface area contributed by atoms with Gasteiger partial charge in [0.15, 0.2) is 0 Å². The molecule has 0 heterocycles. The van der Waals surface area contributed by atoms with E-state index in [2.05, 4.69) is 10.6 Å². The Morgan fingerprint density at radius 3 is 2.60 bits per heavy atom. The molecule has 0 aliphatic heterocycles. The minimum atomic E-state index is -0.0108. The summed E-state index contributed by atoms with van der Waals surface area (Å²) in [6, 6.07) is 15.1. The quantitative estimate of drug-likeness (QED) is 0.870. The summed E-state index contributed by atoms with van der Waals surface area (Å²) in [6.07, 6.45) is 0.404. The van der Waals surface area contributed by atoms with E-state index < -0.39 is 0 Å². The zero-order chi connectivity index (χ0) is 14.4. The molecule has 2 aromatic rings. The molecule has 0 atom stereocenters. The predicted molar refractivity (Wildman–Crippen MR) is 84.4 cm³/mol. The highest BCUT2D eigenvalue weighted by molar-refractivity contribution is 6.31. The van der Waals surface area contributed by atoms with Crippen molar-refractivity contribution < 1.29 is 4.79 Å². The molecule has 0 spiro atoms. The summed E-state index contributed by atoms with van der Waals surface area (Å²) < 4.78 is 0. The van der Waals surface area contributed by atoms with Crippen molar-refractivity contribution in [1.82, 2.24) is 0 Å². The first kappa shape index (κ1) is 14.4. The monoisotopic (exact) mass is 288 g/mol. The highest BCUT2D eigenvalue weighted by atomic mass is 35.5. The van der Waals surface area contributed by atoms with Crippen LogP contribution in [0.2, 0.25) is 5.02 Å². The lowest BCUT2D eigenvalue weighted by molar-refractivity contribution is -0.115. The first-order valence-electron chi connectivity index (χ1n) is 6.50. The van der Waals surface area contributed by atoms with E-state index in [0.29, 0.717) is 13.0 Å². The molecular weight excluding hydrogens is 272 g/mol. The number of hydrogen-bond donors (Lipinski definition) is 2. The molecule has 2 aromatic carbocycles. The Kier molecular flexibility index (Phi) is 5.02. The van der Waals surface area contributed by atoms with E-state index in [1.165, 1.54) is 0 Å². The molecule has 104 valence electrons. The number of halogens is 1. The van der Waals surface area contributed by atoms with Crippen LogP contribution in [0.4, 0.5) is 11.4 Å². The smallest absolute Gasteiger partial charge is 0.226 e. The van der Waals surface area contributed by atoms with Gasteiger partial charge in [-0.2, -0.15) is 0 Å². The minimum absolute atomic E-state index is 0.0108. The van der Waals surface area contributed by atoms with Gasteiger partial charge in [-0.1, -0.05) is 35.9 Å². The Labute approximate surface area is 124 Å². The van der Waals surface area contributed by atoms with Crippen LogP contribution in [0, 0.1) is 6.92 Å². The van der Waals surface area contributed by atoms with Crippen LogP contribution in [-0.4, -0.2) is 12.5 Å². The predicted octanol–water partition coefficient (Wildman–Crippen LogP) is 4.09. The van der Waals surface area contributed by atoms with E-state index in [4.69, 9.17) is 11.6 Å². The number of hydrogen-bond acceptors (Lipinski definition) is 2. The number of anilines is 2. The first-order chi connectivity index (χ1) is 9.66. The fraction of sp³-hybridized carbons (Fsp3) is 0.188. The molecule has 0 fully saturated rings. The zero-order valence-corrected chi connectivity index (χ0v) is 12.1. The molecule has 0 bridgehead atoms. The summed E-state index contributed by atoms with van der Waals surface area (Å²) in [5, 5.41) is 6.80. The minimum Gasteiger partial charge on any atom is -0.384 e. The molecule has 0 aliphatic rings. The van der Waals surface area contributed by atoms with Crippen molar-refractivity contribution in [2.24, 2.45) is 0 Å². The Morgan fingerprint density at radius 2 is 1.85 bits per heavy atom. The Balaban J connectivity index is 1.81. The van der Waals surface area contributed by atoms with Crippen molar-refractivity contribution in [1.29, 1.82) is 0 Å². The maximum atomic E-state index is 11.8. The summed E-state index contributed by atoms with van der Waals surface area (Å²) in [4.78, 5) is 11.8. The lowest BCUT2D eigenvalue weighted by atomic mass is 10.2. The molecular formula is C16H17ClN2O. The van der Waals surface area contributed by atoms with E-state index in [1.54, 1.807) is 0 Å². The number of para-hydroxylation sites is 1. The topological polar surface area (TPSA) is 41.1 Å². The zero-order valence-electron chi connectivity index (χ0n) is 11.3. The average Bonchev–Trinajstić information content (AvgIpc) is 2.44. The Hall–Kier alpha value is -2.00. The van der Waals surface area contributed by atoms with E-state index >= 15 is 0 Å². The van der Waals surface area contributed by atoms with Crippen LogP contribution in [0.15, 0.2) is 48.5 Å². The normalized spacial score (nSPS) is 10.1. The summed E-state index contributed by atoms with van der Waals surface area (Å²) in [6.45, 7) is 2.52. The first-order valence-corrected chi connectivity index (χ1v) is 6.88. The van der Waals surface area contributed by atoms with Gasteiger partial charge in [-0.15, -0.1) is 0 Å². The van der Waals surface area contributed by atoms with Crippen LogP contribution in [0.25, 0.3) is 0 Å². The maximum absolute atomic E-state index is 11.8. The van der Waals surface area contributed by atoms with Crippen molar-refractivity contribution in [2.45, 2.75) is 13.3 Å². The van der Waals surface area contributed by atoms with Crippen molar-refractivity contribution in [2.75, 3.05) is 17.2 Å². The number of benzene rings is 2. The second-order valence-electron chi connectivity index (χ2n) is 4.50. The second-order valence-corrected chi connectivity index (χ2v) is 4.91. The van der Waals surface area contributed by atoms with E-state index in [0.717, 1.165) is 22.0 Å². The van der Waals surface area contributed by atoms with Gasteiger partial charge < -0.3 is 10.6 Å². The summed E-state index contributed by atoms with van der Waals surface area (Å²) in [5.74, 6) is -0.0108. The molecule has 1 amide bonds. The molecule has 2 N–H and O–H groups in total. The van der Waals surface area contributed by atoms with Gasteiger partial charge in [0.25, 0.3) is 0 Å². The van der Waals surface area contributed by atoms with Gasteiger partial charge in [0.2, 0.25) is 5.91 Å². The van der Waals surface area contributed by atoms with Gasteiger partial charge in [-0.25, -0.2) is 0 Å². The molecule has 0 aliphatic carbocycles. The molecule has 0 radical (unpaired) electrons. The van der Waals surface area contributed by atoms with Gasteiger partial charge in [0, 0.05) is 29.4 Å². The number of rotatable bonds is 5. The fourth-order valence-corrected chi connectivity index (χ4v) is 2.03. The lowest BCUT2D eigenvalue weighted by Crippen LogP contribution is -2.16. The standard InChI is InChI=1S/C16H17ClN2O/c1-12-14(17)8-5-9-15(12)18-11-10-16(20)19-13-6-3-2-4-7-13/h2-9,18H,10-11H2,1H3,(H,19,20). The Bertz CT molecular complexity index is 584. The van der Waals surface area contributed by atoms with Crippen LogP contribution < -0.4 is 10.6 Å². The van der Waals surface area contributed by atoms with Crippen molar-refractivity contribution in [3.63, 3.8) is 0 Å². The molecule has 2 rings (SSSR count). The van der Waals surface area contributed by atoms with E-state index in [9.17, 15) is 4.79 Å². The maximum Gasteiger partial charge on any atom is 0.226 e. The van der Waals surface area contributed by atoms with Crippen molar-refractivity contribution >= 4 is 28.9 Å². The van der Waals surface area contributed by atoms with Crippen LogP contribution in [0.1, 0.15) is 12.0 Å². The third-order valence-electron chi connectivity index (χ3n) is 2.99. The van der Waals surface area contributed by atoms with Crippen molar-refractivity contribution in [3.05, 3.63) is 59.1 Å². The molecule has 0 aromatic heterocycles. The number of amides is 1. The number of carbonyl (C=O) groups is 1.